The van der Waals surface area contributed by atoms with Crippen LogP contribution in [0.5, 0.6) is 0 Å². The van der Waals surface area contributed by atoms with Crippen molar-refractivity contribution in [2.24, 2.45) is 0 Å². The summed E-state index contributed by atoms with van der Waals surface area (Å²) in [7, 11) is 3.93. The fourth-order valence-electron chi connectivity index (χ4n) is 3.84. The number of amides is 2. The molecule has 2 heterocycles. The predicted molar refractivity (Wildman–Crippen MR) is 99.8 cm³/mol. The van der Waals surface area contributed by atoms with Crippen LogP contribution in [0, 0.1) is 0 Å². The molecule has 6 nitrogen and oxygen atoms in total. The summed E-state index contributed by atoms with van der Waals surface area (Å²) < 4.78 is 0. The third-order valence-corrected chi connectivity index (χ3v) is 5.36. The summed E-state index contributed by atoms with van der Waals surface area (Å²) in [5, 5.41) is 2.75. The molecule has 2 fully saturated rings. The zero-order valence-corrected chi connectivity index (χ0v) is 15.4. The number of carbonyl (C=O) groups is 2. The first-order chi connectivity index (χ1) is 12.0. The van der Waals surface area contributed by atoms with Crippen molar-refractivity contribution in [3.63, 3.8) is 0 Å². The summed E-state index contributed by atoms with van der Waals surface area (Å²) in [5.74, 6) is -0.947. The van der Waals surface area contributed by atoms with Crippen molar-refractivity contribution in [3.05, 3.63) is 24.3 Å². The highest BCUT2D eigenvalue weighted by Gasteiger charge is 2.39. The summed E-state index contributed by atoms with van der Waals surface area (Å²) in [4.78, 5) is 31.4. The van der Waals surface area contributed by atoms with Crippen LogP contribution in [0.4, 0.5) is 11.4 Å². The molecule has 0 bridgehead atoms. The fourth-order valence-corrected chi connectivity index (χ4v) is 3.84. The minimum Gasteiger partial charge on any atom is -0.378 e. The van der Waals surface area contributed by atoms with Crippen LogP contribution in [0.1, 0.15) is 26.2 Å². The average Bonchev–Trinajstić information content (AvgIpc) is 3.07. The quantitative estimate of drug-likeness (QED) is 0.849. The number of anilines is 2. The van der Waals surface area contributed by atoms with Gasteiger partial charge in [-0.25, -0.2) is 0 Å². The van der Waals surface area contributed by atoms with Gasteiger partial charge in [0.25, 0.3) is 0 Å². The summed E-state index contributed by atoms with van der Waals surface area (Å²) in [5.41, 5.74) is 1.70. The fraction of sp³-hybridized carbons (Fsp3) is 0.579. The van der Waals surface area contributed by atoms with Gasteiger partial charge in [-0.2, -0.15) is 0 Å². The lowest BCUT2D eigenvalue weighted by Crippen LogP contribution is -2.59. The maximum absolute atomic E-state index is 12.7. The molecule has 6 heteroatoms. The van der Waals surface area contributed by atoms with Gasteiger partial charge in [-0.05, 0) is 50.1 Å². The van der Waals surface area contributed by atoms with Gasteiger partial charge in [-0.1, -0.05) is 6.92 Å². The zero-order chi connectivity index (χ0) is 18.0. The highest BCUT2D eigenvalue weighted by atomic mass is 16.2. The zero-order valence-electron chi connectivity index (χ0n) is 15.4. The molecule has 0 saturated carbocycles. The van der Waals surface area contributed by atoms with Gasteiger partial charge in [0.05, 0.1) is 0 Å². The molecule has 2 aliphatic rings. The minimum absolute atomic E-state index is 0.128. The van der Waals surface area contributed by atoms with Gasteiger partial charge in [0.2, 0.25) is 0 Å². The second kappa shape index (κ2) is 7.44. The first-order valence-corrected chi connectivity index (χ1v) is 9.13. The van der Waals surface area contributed by atoms with Crippen molar-refractivity contribution in [1.82, 2.24) is 9.80 Å². The molecule has 1 aromatic carbocycles. The molecule has 25 heavy (non-hydrogen) atoms. The lowest BCUT2D eigenvalue weighted by Gasteiger charge is -2.43. The van der Waals surface area contributed by atoms with E-state index in [1.165, 1.54) is 6.42 Å². The number of piperazine rings is 1. The third-order valence-electron chi connectivity index (χ3n) is 5.36. The highest BCUT2D eigenvalue weighted by Crippen LogP contribution is 2.26. The van der Waals surface area contributed by atoms with Crippen molar-refractivity contribution >= 4 is 23.2 Å². The molecule has 0 radical (unpaired) electrons. The predicted octanol–water partition coefficient (Wildman–Crippen LogP) is 1.78. The maximum Gasteiger partial charge on any atom is 0.313 e. The number of hydrogen-bond donors (Lipinski definition) is 1. The van der Waals surface area contributed by atoms with Crippen molar-refractivity contribution in [2.45, 2.75) is 38.3 Å². The van der Waals surface area contributed by atoms with Crippen LogP contribution >= 0.6 is 0 Å². The normalized spacial score (nSPS) is 23.2. The Kier molecular flexibility index (Phi) is 5.27. The van der Waals surface area contributed by atoms with Gasteiger partial charge < -0.3 is 15.1 Å². The molecular weight excluding hydrogens is 316 g/mol. The van der Waals surface area contributed by atoms with E-state index in [0.717, 1.165) is 31.6 Å². The van der Waals surface area contributed by atoms with Crippen LogP contribution in [0.25, 0.3) is 0 Å². The number of carbonyl (C=O) groups excluding carboxylic acids is 2. The van der Waals surface area contributed by atoms with E-state index in [4.69, 9.17) is 0 Å². The van der Waals surface area contributed by atoms with E-state index in [0.29, 0.717) is 18.3 Å². The van der Waals surface area contributed by atoms with Gasteiger partial charge in [-0.3, -0.25) is 14.5 Å². The summed E-state index contributed by atoms with van der Waals surface area (Å²) >= 11 is 0. The minimum atomic E-state index is -0.539. The number of rotatable bonds is 3. The number of nitrogens with zero attached hydrogens (tertiary/aromatic N) is 3. The first-order valence-electron chi connectivity index (χ1n) is 9.13. The van der Waals surface area contributed by atoms with Crippen LogP contribution < -0.4 is 10.2 Å². The molecule has 3 rings (SSSR count). The first kappa shape index (κ1) is 17.7. The standard InChI is InChI=1S/C19H28N4O2/c1-4-15-12-22-11-5-6-17(22)13-23(15)19(25)18(24)20-14-7-9-16(10-8-14)21(2)3/h7-10,15,17H,4-6,11-13H2,1-3H3,(H,20,24)/t15-,17-/m0/s1. The Labute approximate surface area is 149 Å². The number of nitrogens with one attached hydrogen (secondary N) is 1. The van der Waals surface area contributed by atoms with Crippen molar-refractivity contribution in [2.75, 3.05) is 43.9 Å². The SMILES string of the molecule is CC[C@H]1CN2CCC[C@H]2CN1C(=O)C(=O)Nc1ccc(N(C)C)cc1. The monoisotopic (exact) mass is 344 g/mol. The van der Waals surface area contributed by atoms with Crippen LogP contribution in [0.2, 0.25) is 0 Å². The molecule has 2 aliphatic heterocycles. The summed E-state index contributed by atoms with van der Waals surface area (Å²) in [6.07, 6.45) is 3.18. The summed E-state index contributed by atoms with van der Waals surface area (Å²) in [6.45, 7) is 4.76. The van der Waals surface area contributed by atoms with Crippen molar-refractivity contribution in [3.8, 4) is 0 Å². The number of hydrogen-bond acceptors (Lipinski definition) is 4. The molecule has 1 aromatic rings. The van der Waals surface area contributed by atoms with E-state index in [9.17, 15) is 9.59 Å². The molecule has 136 valence electrons. The van der Waals surface area contributed by atoms with Crippen molar-refractivity contribution < 1.29 is 9.59 Å². The van der Waals surface area contributed by atoms with Gasteiger partial charge in [-0.15, -0.1) is 0 Å². The van der Waals surface area contributed by atoms with E-state index in [-0.39, 0.29) is 6.04 Å². The Morgan fingerprint density at radius 1 is 1.20 bits per heavy atom. The number of benzene rings is 1. The molecule has 0 spiro atoms. The molecule has 0 unspecified atom stereocenters. The third kappa shape index (κ3) is 3.79. The largest absolute Gasteiger partial charge is 0.378 e. The molecular formula is C19H28N4O2. The van der Waals surface area contributed by atoms with Gasteiger partial charge >= 0.3 is 11.8 Å². The second-order valence-electron chi connectivity index (χ2n) is 7.21. The van der Waals surface area contributed by atoms with E-state index in [1.807, 2.05) is 43.3 Å². The molecule has 0 aliphatic carbocycles. The van der Waals surface area contributed by atoms with E-state index in [1.54, 1.807) is 4.90 Å². The Morgan fingerprint density at radius 3 is 2.56 bits per heavy atom. The van der Waals surface area contributed by atoms with E-state index >= 15 is 0 Å². The van der Waals surface area contributed by atoms with Gasteiger partial charge in [0, 0.05) is 50.6 Å². The second-order valence-corrected chi connectivity index (χ2v) is 7.21. The molecule has 2 atom stereocenters. The van der Waals surface area contributed by atoms with Gasteiger partial charge in [0.1, 0.15) is 0 Å². The maximum atomic E-state index is 12.7. The smallest absolute Gasteiger partial charge is 0.313 e. The Bertz CT molecular complexity index is 629. The molecule has 1 N–H and O–H groups in total. The highest BCUT2D eigenvalue weighted by molar-refractivity contribution is 6.39. The van der Waals surface area contributed by atoms with E-state index in [2.05, 4.69) is 17.1 Å². The van der Waals surface area contributed by atoms with Gasteiger partial charge in [0.15, 0.2) is 0 Å². The lowest BCUT2D eigenvalue weighted by atomic mass is 10.0. The van der Waals surface area contributed by atoms with E-state index < -0.39 is 11.8 Å². The Morgan fingerprint density at radius 2 is 1.92 bits per heavy atom. The molecule has 2 amide bonds. The summed E-state index contributed by atoms with van der Waals surface area (Å²) in [6, 6.07) is 8.04. The molecule has 2 saturated heterocycles. The lowest BCUT2D eigenvalue weighted by molar-refractivity contribution is -0.147. The molecule has 0 aromatic heterocycles. The van der Waals surface area contributed by atoms with Crippen LogP contribution in [-0.4, -0.2) is 67.4 Å². The topological polar surface area (TPSA) is 55.9 Å². The van der Waals surface area contributed by atoms with Crippen LogP contribution in [-0.2, 0) is 9.59 Å². The Hall–Kier alpha value is -2.08. The average molecular weight is 344 g/mol. The number of fused-ring (bicyclic) bond motifs is 1. The Balaban J connectivity index is 1.65. The van der Waals surface area contributed by atoms with Crippen LogP contribution in [0.3, 0.4) is 0 Å². The van der Waals surface area contributed by atoms with Crippen molar-refractivity contribution in [1.29, 1.82) is 0 Å². The van der Waals surface area contributed by atoms with Crippen LogP contribution in [0.15, 0.2) is 24.3 Å².